The summed E-state index contributed by atoms with van der Waals surface area (Å²) >= 11 is 0. The summed E-state index contributed by atoms with van der Waals surface area (Å²) in [4.78, 5) is 13.1. The molecular formula is C18H25FN4O. The normalized spacial score (nSPS) is 25.2. The molecule has 0 bridgehead atoms. The Hall–Kier alpha value is -1.79. The van der Waals surface area contributed by atoms with Crippen LogP contribution in [0.2, 0.25) is 0 Å². The molecule has 1 unspecified atom stereocenters. The maximum atomic E-state index is 14.1. The minimum atomic E-state index is -0.343. The van der Waals surface area contributed by atoms with Crippen molar-refractivity contribution in [3.63, 3.8) is 0 Å². The number of ether oxygens (including phenoxy) is 1. The molecule has 0 spiro atoms. The average Bonchev–Trinajstić information content (AvgIpc) is 2.56. The van der Waals surface area contributed by atoms with Gasteiger partial charge in [0.2, 0.25) is 0 Å². The first-order valence-corrected chi connectivity index (χ1v) is 8.47. The van der Waals surface area contributed by atoms with Gasteiger partial charge in [0.1, 0.15) is 0 Å². The van der Waals surface area contributed by atoms with Gasteiger partial charge in [-0.25, -0.2) is 9.38 Å². The fourth-order valence-corrected chi connectivity index (χ4v) is 3.29. The van der Waals surface area contributed by atoms with Gasteiger partial charge in [-0.2, -0.15) is 0 Å². The van der Waals surface area contributed by atoms with Crippen LogP contribution < -0.4 is 0 Å². The van der Waals surface area contributed by atoms with E-state index in [0.717, 1.165) is 19.6 Å². The van der Waals surface area contributed by atoms with Crippen LogP contribution in [0.5, 0.6) is 0 Å². The number of morpholine rings is 1. The van der Waals surface area contributed by atoms with Gasteiger partial charge < -0.3 is 9.64 Å². The highest BCUT2D eigenvalue weighted by Gasteiger charge is 2.32. The molecule has 1 saturated heterocycles. The third-order valence-corrected chi connectivity index (χ3v) is 4.45. The lowest BCUT2D eigenvalue weighted by molar-refractivity contribution is -0.0602. The number of halogens is 1. The van der Waals surface area contributed by atoms with Gasteiger partial charge in [-0.1, -0.05) is 13.8 Å². The van der Waals surface area contributed by atoms with Crippen LogP contribution in [0.15, 0.2) is 35.7 Å². The van der Waals surface area contributed by atoms with Crippen molar-refractivity contribution in [3.8, 4) is 0 Å². The van der Waals surface area contributed by atoms with Crippen molar-refractivity contribution in [1.29, 1.82) is 0 Å². The van der Waals surface area contributed by atoms with Crippen molar-refractivity contribution in [3.05, 3.63) is 42.1 Å². The number of aromatic nitrogens is 1. The van der Waals surface area contributed by atoms with Crippen molar-refractivity contribution < 1.29 is 9.13 Å². The summed E-state index contributed by atoms with van der Waals surface area (Å²) in [6, 6.07) is 2.00. The molecule has 0 radical (unpaired) electrons. The molecule has 5 nitrogen and oxygen atoms in total. The molecule has 0 amide bonds. The zero-order valence-corrected chi connectivity index (χ0v) is 14.5. The zero-order chi connectivity index (χ0) is 17.1. The first kappa shape index (κ1) is 17.0. The van der Waals surface area contributed by atoms with E-state index in [1.807, 2.05) is 19.3 Å². The lowest BCUT2D eigenvalue weighted by Gasteiger charge is -2.44. The first-order valence-electron chi connectivity index (χ1n) is 8.47. The largest absolute Gasteiger partial charge is 0.378 e. The molecule has 3 heterocycles. The van der Waals surface area contributed by atoms with Gasteiger partial charge in [0, 0.05) is 37.6 Å². The Morgan fingerprint density at radius 3 is 3.00 bits per heavy atom. The Morgan fingerprint density at radius 1 is 1.42 bits per heavy atom. The van der Waals surface area contributed by atoms with Crippen LogP contribution in [0, 0.1) is 11.7 Å². The summed E-state index contributed by atoms with van der Waals surface area (Å²) in [5.41, 5.74) is 1.15. The van der Waals surface area contributed by atoms with Gasteiger partial charge in [0.25, 0.3) is 0 Å². The van der Waals surface area contributed by atoms with Crippen LogP contribution in [0.3, 0.4) is 0 Å². The molecular weight excluding hydrogens is 307 g/mol. The fraction of sp³-hybridized carbons (Fsp3) is 0.556. The molecule has 0 saturated carbocycles. The fourth-order valence-electron chi connectivity index (χ4n) is 3.29. The molecule has 2 aliphatic rings. The minimum absolute atomic E-state index is 0.134. The molecule has 24 heavy (non-hydrogen) atoms. The Morgan fingerprint density at radius 2 is 2.25 bits per heavy atom. The summed E-state index contributed by atoms with van der Waals surface area (Å²) in [6.07, 6.45) is 7.57. The van der Waals surface area contributed by atoms with Crippen molar-refractivity contribution in [2.45, 2.75) is 32.6 Å². The van der Waals surface area contributed by atoms with Crippen LogP contribution in [-0.2, 0) is 4.74 Å². The van der Waals surface area contributed by atoms with Crippen molar-refractivity contribution in [2.75, 3.05) is 26.8 Å². The second kappa shape index (κ2) is 7.40. The summed E-state index contributed by atoms with van der Waals surface area (Å²) in [5.74, 6) is 0.245. The van der Waals surface area contributed by atoms with E-state index in [4.69, 9.17) is 9.73 Å². The third kappa shape index (κ3) is 3.65. The van der Waals surface area contributed by atoms with Gasteiger partial charge in [0.15, 0.2) is 12.1 Å². The number of pyridine rings is 1. The van der Waals surface area contributed by atoms with E-state index >= 15 is 0 Å². The van der Waals surface area contributed by atoms with Crippen LogP contribution in [0.4, 0.5) is 4.39 Å². The molecule has 2 aliphatic heterocycles. The van der Waals surface area contributed by atoms with E-state index in [2.05, 4.69) is 28.6 Å². The Kier molecular flexibility index (Phi) is 5.26. The van der Waals surface area contributed by atoms with Crippen molar-refractivity contribution in [1.82, 2.24) is 14.8 Å². The zero-order valence-electron chi connectivity index (χ0n) is 14.5. The van der Waals surface area contributed by atoms with Crippen LogP contribution in [0.1, 0.15) is 25.8 Å². The van der Waals surface area contributed by atoms with Crippen molar-refractivity contribution in [2.24, 2.45) is 10.9 Å². The number of hydrogen-bond donors (Lipinski definition) is 0. The van der Waals surface area contributed by atoms with E-state index in [9.17, 15) is 4.39 Å². The number of aliphatic imine (C=N–C) groups is 1. The SMILES string of the molecule is CC(C)C[C@@H]1COCCN1C1N=C(c2ccncc2F)C=CN1C. The van der Waals surface area contributed by atoms with E-state index in [1.165, 1.54) is 6.20 Å². The molecule has 130 valence electrons. The predicted octanol–water partition coefficient (Wildman–Crippen LogP) is 2.50. The van der Waals surface area contributed by atoms with Gasteiger partial charge >= 0.3 is 0 Å². The summed E-state index contributed by atoms with van der Waals surface area (Å²) in [7, 11) is 2.01. The van der Waals surface area contributed by atoms with Crippen LogP contribution in [0.25, 0.3) is 0 Å². The monoisotopic (exact) mass is 332 g/mol. The highest BCUT2D eigenvalue weighted by Crippen LogP contribution is 2.23. The van der Waals surface area contributed by atoms with Gasteiger partial charge in [-0.15, -0.1) is 0 Å². The number of rotatable bonds is 4. The molecule has 2 atom stereocenters. The highest BCUT2D eigenvalue weighted by molar-refractivity contribution is 6.09. The summed E-state index contributed by atoms with van der Waals surface area (Å²) in [6.45, 7) is 6.70. The lowest BCUT2D eigenvalue weighted by Crippen LogP contribution is -2.55. The maximum absolute atomic E-state index is 14.1. The van der Waals surface area contributed by atoms with E-state index < -0.39 is 0 Å². The molecule has 0 N–H and O–H groups in total. The smallest absolute Gasteiger partial charge is 0.179 e. The van der Waals surface area contributed by atoms with Gasteiger partial charge in [0.05, 0.1) is 25.1 Å². The highest BCUT2D eigenvalue weighted by atomic mass is 19.1. The van der Waals surface area contributed by atoms with E-state index in [1.54, 1.807) is 12.3 Å². The molecule has 6 heteroatoms. The van der Waals surface area contributed by atoms with Gasteiger partial charge in [-0.05, 0) is 24.5 Å². The first-order chi connectivity index (χ1) is 11.6. The van der Waals surface area contributed by atoms with E-state index in [0.29, 0.717) is 29.8 Å². The Labute approximate surface area is 142 Å². The standard InChI is InChI=1S/C18H25FN4O/c1-13(2)10-14-12-24-9-8-23(14)18-21-17(5-7-22(18)3)15-4-6-20-11-16(15)19/h4-7,11,13-14,18H,8-10,12H2,1-3H3/t14-,18?/m1/s1. The Bertz CT molecular complexity index is 631. The molecule has 0 aromatic carbocycles. The van der Waals surface area contributed by atoms with Crippen LogP contribution in [-0.4, -0.2) is 59.6 Å². The lowest BCUT2D eigenvalue weighted by atomic mass is 10.0. The molecule has 1 aromatic rings. The number of hydrogen-bond acceptors (Lipinski definition) is 5. The van der Waals surface area contributed by atoms with E-state index in [-0.39, 0.29) is 12.1 Å². The second-order valence-electron chi connectivity index (χ2n) is 6.79. The molecule has 1 aromatic heterocycles. The molecule has 1 fully saturated rings. The topological polar surface area (TPSA) is 41.0 Å². The average molecular weight is 332 g/mol. The molecule has 0 aliphatic carbocycles. The molecule has 3 rings (SSSR count). The summed E-state index contributed by atoms with van der Waals surface area (Å²) in [5, 5.41) is 0. The predicted molar refractivity (Wildman–Crippen MR) is 92.2 cm³/mol. The maximum Gasteiger partial charge on any atom is 0.179 e. The minimum Gasteiger partial charge on any atom is -0.378 e. The summed E-state index contributed by atoms with van der Waals surface area (Å²) < 4.78 is 19.7. The quantitative estimate of drug-likeness (QED) is 0.849. The number of allylic oxidation sites excluding steroid dienone is 1. The Balaban J connectivity index is 1.88. The van der Waals surface area contributed by atoms with Gasteiger partial charge in [-0.3, -0.25) is 9.88 Å². The van der Waals surface area contributed by atoms with Crippen molar-refractivity contribution >= 4 is 5.71 Å². The second-order valence-corrected chi connectivity index (χ2v) is 6.79. The van der Waals surface area contributed by atoms with Crippen LogP contribution >= 0.6 is 0 Å². The third-order valence-electron chi connectivity index (χ3n) is 4.45. The number of nitrogens with zero attached hydrogens (tertiary/aromatic N) is 4.